The van der Waals surface area contributed by atoms with E-state index < -0.39 is 5.67 Å². The average molecular weight is 404 g/mol. The lowest BCUT2D eigenvalue weighted by atomic mass is 9.93. The number of aryl methyl sites for hydroxylation is 2. The number of rotatable bonds is 5. The molecular weight excluding hydrogens is 383 g/mol. The highest BCUT2D eigenvalue weighted by atomic mass is 19.1. The van der Waals surface area contributed by atoms with E-state index in [0.29, 0.717) is 17.3 Å². The maximum absolute atomic E-state index is 14.4. The summed E-state index contributed by atoms with van der Waals surface area (Å²) in [4.78, 5) is 8.88. The minimum absolute atomic E-state index is 0.105. The first-order chi connectivity index (χ1) is 14.5. The Morgan fingerprint density at radius 1 is 1.07 bits per heavy atom. The van der Waals surface area contributed by atoms with Gasteiger partial charge in [-0.3, -0.25) is 4.98 Å². The van der Waals surface area contributed by atoms with Crippen LogP contribution in [-0.4, -0.2) is 32.9 Å². The Labute approximate surface area is 173 Å². The van der Waals surface area contributed by atoms with Crippen molar-refractivity contribution in [2.45, 2.75) is 26.1 Å². The molecule has 30 heavy (non-hydrogen) atoms. The maximum Gasteiger partial charge on any atom is 0.259 e. The number of ether oxygens (including phenoxy) is 1. The number of aromatic nitrogens is 4. The van der Waals surface area contributed by atoms with Gasteiger partial charge in [0.05, 0.1) is 18.8 Å². The summed E-state index contributed by atoms with van der Waals surface area (Å²) in [6, 6.07) is 13.2. The molecule has 0 bridgehead atoms. The minimum atomic E-state index is -1.38. The van der Waals surface area contributed by atoms with Crippen LogP contribution in [0.3, 0.4) is 0 Å². The van der Waals surface area contributed by atoms with Crippen molar-refractivity contribution in [3.05, 3.63) is 77.4 Å². The van der Waals surface area contributed by atoms with Crippen LogP contribution in [0.1, 0.15) is 22.5 Å². The standard InChI is InChI=1S/C23H21FN4O2/c1-15-3-4-17(10-25-15)11-28-12-19(9-16(28)2)22-26-21(27-30-22)18-5-7-20(8-6-18)23(24)13-29-14-23/h3-10,12H,11,13-14H2,1-2H3. The Morgan fingerprint density at radius 3 is 2.53 bits per heavy atom. The molecule has 4 aromatic rings. The topological polar surface area (TPSA) is 66.0 Å². The van der Waals surface area contributed by atoms with E-state index >= 15 is 0 Å². The normalized spacial score (nSPS) is 15.2. The molecule has 0 saturated carbocycles. The summed E-state index contributed by atoms with van der Waals surface area (Å²) in [5, 5.41) is 4.10. The predicted molar refractivity (Wildman–Crippen MR) is 110 cm³/mol. The fraction of sp³-hybridized carbons (Fsp3) is 0.261. The lowest BCUT2D eigenvalue weighted by Gasteiger charge is -2.34. The summed E-state index contributed by atoms with van der Waals surface area (Å²) >= 11 is 0. The van der Waals surface area contributed by atoms with E-state index in [9.17, 15) is 4.39 Å². The van der Waals surface area contributed by atoms with Crippen LogP contribution in [0.4, 0.5) is 4.39 Å². The van der Waals surface area contributed by atoms with Crippen molar-refractivity contribution in [2.75, 3.05) is 13.2 Å². The van der Waals surface area contributed by atoms with Gasteiger partial charge in [-0.25, -0.2) is 4.39 Å². The first kappa shape index (κ1) is 18.7. The van der Waals surface area contributed by atoms with Crippen LogP contribution < -0.4 is 0 Å². The predicted octanol–water partition coefficient (Wildman–Crippen LogP) is 4.46. The number of hydrogen-bond acceptors (Lipinski definition) is 5. The number of pyridine rings is 1. The Hall–Kier alpha value is -3.32. The smallest absolute Gasteiger partial charge is 0.259 e. The molecule has 0 aliphatic carbocycles. The fourth-order valence-corrected chi connectivity index (χ4v) is 3.51. The Morgan fingerprint density at radius 2 is 1.87 bits per heavy atom. The van der Waals surface area contributed by atoms with Crippen molar-refractivity contribution < 1.29 is 13.7 Å². The zero-order chi connectivity index (χ0) is 20.7. The number of nitrogens with zero attached hydrogens (tertiary/aromatic N) is 4. The van der Waals surface area contributed by atoms with Crippen LogP contribution in [-0.2, 0) is 17.0 Å². The van der Waals surface area contributed by atoms with E-state index in [-0.39, 0.29) is 13.2 Å². The van der Waals surface area contributed by atoms with Crippen LogP contribution in [0.2, 0.25) is 0 Å². The third-order valence-electron chi connectivity index (χ3n) is 5.43. The fourth-order valence-electron chi connectivity index (χ4n) is 3.51. The zero-order valence-electron chi connectivity index (χ0n) is 16.8. The molecule has 0 radical (unpaired) electrons. The highest BCUT2D eigenvalue weighted by molar-refractivity contribution is 5.60. The molecule has 0 N–H and O–H groups in total. The van der Waals surface area contributed by atoms with Gasteiger partial charge >= 0.3 is 0 Å². The molecule has 1 fully saturated rings. The molecule has 0 spiro atoms. The highest BCUT2D eigenvalue weighted by Gasteiger charge is 2.40. The SMILES string of the molecule is Cc1ccc(Cn2cc(-c3nc(-c4ccc(C5(F)COC5)cc4)no3)cc2C)cn1. The molecule has 152 valence electrons. The molecule has 6 nitrogen and oxygen atoms in total. The minimum Gasteiger partial charge on any atom is -0.374 e. The zero-order valence-corrected chi connectivity index (χ0v) is 16.8. The van der Waals surface area contributed by atoms with Crippen molar-refractivity contribution in [1.82, 2.24) is 19.7 Å². The van der Waals surface area contributed by atoms with Gasteiger partial charge in [-0.05, 0) is 37.1 Å². The third-order valence-corrected chi connectivity index (χ3v) is 5.43. The number of halogens is 1. The van der Waals surface area contributed by atoms with Gasteiger partial charge in [-0.1, -0.05) is 35.5 Å². The summed E-state index contributed by atoms with van der Waals surface area (Å²) in [5.41, 5.74) is 4.08. The van der Waals surface area contributed by atoms with Crippen LogP contribution in [0.5, 0.6) is 0 Å². The van der Waals surface area contributed by atoms with E-state index in [1.807, 2.05) is 50.5 Å². The van der Waals surface area contributed by atoms with Crippen molar-refractivity contribution >= 4 is 0 Å². The van der Waals surface area contributed by atoms with Crippen molar-refractivity contribution in [3.8, 4) is 22.8 Å². The van der Waals surface area contributed by atoms with E-state index in [1.165, 1.54) is 0 Å². The number of hydrogen-bond donors (Lipinski definition) is 0. The quantitative estimate of drug-likeness (QED) is 0.491. The first-order valence-corrected chi connectivity index (χ1v) is 9.80. The molecule has 0 atom stereocenters. The van der Waals surface area contributed by atoms with Gasteiger partial charge in [-0.2, -0.15) is 4.98 Å². The molecule has 5 rings (SSSR count). The Balaban J connectivity index is 1.36. The third kappa shape index (κ3) is 3.41. The van der Waals surface area contributed by atoms with Gasteiger partial charge in [0, 0.05) is 35.9 Å². The molecule has 0 amide bonds. The van der Waals surface area contributed by atoms with Crippen LogP contribution >= 0.6 is 0 Å². The number of alkyl halides is 1. The lowest BCUT2D eigenvalue weighted by Crippen LogP contribution is -2.42. The summed E-state index contributed by atoms with van der Waals surface area (Å²) in [7, 11) is 0. The molecule has 7 heteroatoms. The van der Waals surface area contributed by atoms with Gasteiger partial charge in [0.25, 0.3) is 5.89 Å². The van der Waals surface area contributed by atoms with E-state index in [0.717, 1.165) is 34.6 Å². The van der Waals surface area contributed by atoms with Crippen LogP contribution in [0.25, 0.3) is 22.8 Å². The van der Waals surface area contributed by atoms with Crippen molar-refractivity contribution in [1.29, 1.82) is 0 Å². The van der Waals surface area contributed by atoms with Gasteiger partial charge in [-0.15, -0.1) is 0 Å². The average Bonchev–Trinajstić information content (AvgIpc) is 3.35. The first-order valence-electron chi connectivity index (χ1n) is 9.80. The molecule has 1 saturated heterocycles. The van der Waals surface area contributed by atoms with E-state index in [4.69, 9.17) is 9.26 Å². The summed E-state index contributed by atoms with van der Waals surface area (Å²) < 4.78 is 27.0. The molecule has 1 aliphatic rings. The lowest BCUT2D eigenvalue weighted by molar-refractivity contribution is -0.135. The highest BCUT2D eigenvalue weighted by Crippen LogP contribution is 2.34. The van der Waals surface area contributed by atoms with Gasteiger partial charge in [0.1, 0.15) is 0 Å². The number of benzene rings is 1. The van der Waals surface area contributed by atoms with E-state index in [1.54, 1.807) is 12.1 Å². The van der Waals surface area contributed by atoms with E-state index in [2.05, 4.69) is 25.8 Å². The Kier molecular flexibility index (Phi) is 4.47. The maximum atomic E-state index is 14.4. The second kappa shape index (κ2) is 7.18. The largest absolute Gasteiger partial charge is 0.374 e. The Bertz CT molecular complexity index is 1170. The van der Waals surface area contributed by atoms with Crippen molar-refractivity contribution in [3.63, 3.8) is 0 Å². The van der Waals surface area contributed by atoms with Crippen LogP contribution in [0.15, 0.2) is 59.4 Å². The summed E-state index contributed by atoms with van der Waals surface area (Å²) in [5.74, 6) is 0.926. The molecule has 1 aliphatic heterocycles. The molecule has 0 unspecified atom stereocenters. The summed E-state index contributed by atoms with van der Waals surface area (Å²) in [6.45, 7) is 4.94. The monoisotopic (exact) mass is 404 g/mol. The van der Waals surface area contributed by atoms with Crippen molar-refractivity contribution in [2.24, 2.45) is 0 Å². The second-order valence-corrected chi connectivity index (χ2v) is 7.76. The summed E-state index contributed by atoms with van der Waals surface area (Å²) in [6.07, 6.45) is 3.89. The molecule has 1 aromatic carbocycles. The van der Waals surface area contributed by atoms with Gasteiger partial charge in [0.2, 0.25) is 5.82 Å². The van der Waals surface area contributed by atoms with Gasteiger partial charge in [0.15, 0.2) is 5.67 Å². The molecule has 4 heterocycles. The second-order valence-electron chi connectivity index (χ2n) is 7.76. The van der Waals surface area contributed by atoms with Gasteiger partial charge < -0.3 is 13.8 Å². The molecular formula is C23H21FN4O2. The molecule has 3 aromatic heterocycles. The van der Waals surface area contributed by atoms with Crippen LogP contribution in [0, 0.1) is 13.8 Å².